The zero-order valence-corrected chi connectivity index (χ0v) is 13.7. The maximum absolute atomic E-state index is 12.5. The van der Waals surface area contributed by atoms with Gasteiger partial charge >= 0.3 is 0 Å². The number of carbonyl (C=O) groups is 1. The van der Waals surface area contributed by atoms with Crippen molar-refractivity contribution < 1.29 is 13.2 Å². The zero-order valence-electron chi connectivity index (χ0n) is 12.0. The minimum absolute atomic E-state index is 0.177. The van der Waals surface area contributed by atoms with Crippen molar-refractivity contribution in [3.8, 4) is 0 Å². The van der Waals surface area contributed by atoms with Crippen LogP contribution in [-0.2, 0) is 22.9 Å². The van der Waals surface area contributed by atoms with E-state index in [9.17, 15) is 13.2 Å². The number of benzene rings is 1. The summed E-state index contributed by atoms with van der Waals surface area (Å²) >= 11 is 1.31. The SMILES string of the molecule is Cc1cccc(S(=O)(=O)Nc2sc3c(c2C(N)=O)CCC3)c1. The molecule has 0 aliphatic heterocycles. The van der Waals surface area contributed by atoms with Gasteiger partial charge in [-0.1, -0.05) is 12.1 Å². The van der Waals surface area contributed by atoms with Gasteiger partial charge in [0.1, 0.15) is 5.00 Å². The summed E-state index contributed by atoms with van der Waals surface area (Å²) in [6.07, 6.45) is 2.62. The van der Waals surface area contributed by atoms with Gasteiger partial charge in [-0.2, -0.15) is 0 Å². The van der Waals surface area contributed by atoms with Gasteiger partial charge < -0.3 is 5.73 Å². The highest BCUT2D eigenvalue weighted by Crippen LogP contribution is 2.39. The molecule has 3 N–H and O–H groups in total. The van der Waals surface area contributed by atoms with E-state index in [1.54, 1.807) is 12.1 Å². The fourth-order valence-corrected chi connectivity index (χ4v) is 5.40. The number of fused-ring (bicyclic) bond motifs is 1. The van der Waals surface area contributed by atoms with Gasteiger partial charge in [-0.25, -0.2) is 8.42 Å². The lowest BCUT2D eigenvalue weighted by atomic mass is 10.1. The molecule has 3 rings (SSSR count). The summed E-state index contributed by atoms with van der Waals surface area (Å²) in [7, 11) is -3.73. The summed E-state index contributed by atoms with van der Waals surface area (Å²) in [5.41, 5.74) is 7.53. The molecular formula is C15H16N2O3S2. The zero-order chi connectivity index (χ0) is 15.9. The van der Waals surface area contributed by atoms with Gasteiger partial charge in [-0.3, -0.25) is 9.52 Å². The van der Waals surface area contributed by atoms with E-state index in [1.807, 2.05) is 13.0 Å². The smallest absolute Gasteiger partial charge is 0.262 e. The number of nitrogens with one attached hydrogen (secondary N) is 1. The molecule has 5 nitrogen and oxygen atoms in total. The number of amides is 1. The van der Waals surface area contributed by atoms with Crippen molar-refractivity contribution in [3.05, 3.63) is 45.8 Å². The Bertz CT molecular complexity index is 854. The average molecular weight is 336 g/mol. The van der Waals surface area contributed by atoms with E-state index in [4.69, 9.17) is 5.73 Å². The summed E-state index contributed by atoms with van der Waals surface area (Å²) in [5, 5.41) is 0.332. The molecule has 1 amide bonds. The number of rotatable bonds is 4. The Labute approximate surface area is 133 Å². The highest BCUT2D eigenvalue weighted by Gasteiger charge is 2.27. The first kappa shape index (κ1) is 15.1. The first-order valence-electron chi connectivity index (χ1n) is 6.92. The quantitative estimate of drug-likeness (QED) is 0.898. The van der Waals surface area contributed by atoms with E-state index in [0.717, 1.165) is 35.3 Å². The van der Waals surface area contributed by atoms with E-state index in [-0.39, 0.29) is 4.90 Å². The predicted molar refractivity (Wildman–Crippen MR) is 86.8 cm³/mol. The summed E-state index contributed by atoms with van der Waals surface area (Å²) in [5.74, 6) is -0.582. The van der Waals surface area contributed by atoms with Gasteiger partial charge in [-0.05, 0) is 49.4 Å². The van der Waals surface area contributed by atoms with E-state index < -0.39 is 15.9 Å². The number of anilines is 1. The summed E-state index contributed by atoms with van der Waals surface area (Å²) < 4.78 is 27.5. The van der Waals surface area contributed by atoms with Crippen molar-refractivity contribution >= 4 is 32.3 Å². The van der Waals surface area contributed by atoms with Crippen LogP contribution in [0.2, 0.25) is 0 Å². The predicted octanol–water partition coefficient (Wildman–Crippen LogP) is 2.44. The van der Waals surface area contributed by atoms with Crippen LogP contribution in [-0.4, -0.2) is 14.3 Å². The minimum Gasteiger partial charge on any atom is -0.365 e. The van der Waals surface area contributed by atoms with Crippen LogP contribution in [0.4, 0.5) is 5.00 Å². The third-order valence-corrected chi connectivity index (χ3v) is 6.38. The number of sulfonamides is 1. The third kappa shape index (κ3) is 2.62. The molecule has 0 bridgehead atoms. The van der Waals surface area contributed by atoms with Crippen LogP contribution in [0.3, 0.4) is 0 Å². The van der Waals surface area contributed by atoms with Crippen molar-refractivity contribution in [2.75, 3.05) is 4.72 Å². The first-order chi connectivity index (χ1) is 10.4. The molecule has 1 aromatic carbocycles. The lowest BCUT2D eigenvalue weighted by molar-refractivity contribution is 0.100. The molecule has 0 radical (unpaired) electrons. The van der Waals surface area contributed by atoms with Gasteiger partial charge in [0, 0.05) is 4.88 Å². The number of primary amides is 1. The Hall–Kier alpha value is -1.86. The molecule has 7 heteroatoms. The van der Waals surface area contributed by atoms with Crippen LogP contribution in [0.1, 0.15) is 32.8 Å². The molecule has 0 spiro atoms. The number of carbonyl (C=O) groups excluding carboxylic acids is 1. The van der Waals surface area contributed by atoms with E-state index in [2.05, 4.69) is 4.72 Å². The van der Waals surface area contributed by atoms with E-state index in [0.29, 0.717) is 10.6 Å². The Kier molecular flexibility index (Phi) is 3.70. The second-order valence-electron chi connectivity index (χ2n) is 5.35. The molecule has 2 aromatic rings. The molecule has 0 unspecified atom stereocenters. The molecule has 116 valence electrons. The van der Waals surface area contributed by atoms with Gasteiger partial charge in [0.25, 0.3) is 15.9 Å². The molecule has 0 saturated heterocycles. The number of thiophene rings is 1. The average Bonchev–Trinajstić information content (AvgIpc) is 2.97. The summed E-state index contributed by atoms with van der Waals surface area (Å²) in [4.78, 5) is 12.9. The second kappa shape index (κ2) is 5.40. The molecule has 0 saturated carbocycles. The second-order valence-corrected chi connectivity index (χ2v) is 8.14. The third-order valence-electron chi connectivity index (χ3n) is 3.69. The van der Waals surface area contributed by atoms with Crippen molar-refractivity contribution in [1.82, 2.24) is 0 Å². The fraction of sp³-hybridized carbons (Fsp3) is 0.267. The minimum atomic E-state index is -3.73. The largest absolute Gasteiger partial charge is 0.365 e. The van der Waals surface area contributed by atoms with Crippen LogP contribution in [0.25, 0.3) is 0 Å². The van der Waals surface area contributed by atoms with Gasteiger partial charge in [0.15, 0.2) is 0 Å². The van der Waals surface area contributed by atoms with Gasteiger partial charge in [0.05, 0.1) is 10.5 Å². The Balaban J connectivity index is 2.02. The molecule has 0 atom stereocenters. The van der Waals surface area contributed by atoms with Crippen LogP contribution in [0.5, 0.6) is 0 Å². The lowest BCUT2D eigenvalue weighted by Crippen LogP contribution is -2.18. The summed E-state index contributed by atoms with van der Waals surface area (Å²) in [6.45, 7) is 1.83. The Morgan fingerprint density at radius 3 is 2.77 bits per heavy atom. The molecule has 0 fully saturated rings. The van der Waals surface area contributed by atoms with Gasteiger partial charge in [0.2, 0.25) is 0 Å². The van der Waals surface area contributed by atoms with Crippen LogP contribution >= 0.6 is 11.3 Å². The maximum atomic E-state index is 12.5. The molecule has 1 aliphatic carbocycles. The van der Waals surface area contributed by atoms with Crippen LogP contribution in [0.15, 0.2) is 29.2 Å². The molecule has 1 aromatic heterocycles. The topological polar surface area (TPSA) is 89.3 Å². The first-order valence-corrected chi connectivity index (χ1v) is 9.22. The molecular weight excluding hydrogens is 320 g/mol. The van der Waals surface area contributed by atoms with Crippen molar-refractivity contribution in [2.24, 2.45) is 5.73 Å². The normalized spacial score (nSPS) is 13.9. The number of aryl methyl sites for hydroxylation is 2. The van der Waals surface area contributed by atoms with E-state index in [1.165, 1.54) is 17.4 Å². The molecule has 1 heterocycles. The number of nitrogens with two attached hydrogens (primary N) is 1. The highest BCUT2D eigenvalue weighted by molar-refractivity contribution is 7.93. The van der Waals surface area contributed by atoms with E-state index >= 15 is 0 Å². The van der Waals surface area contributed by atoms with Crippen LogP contribution in [0, 0.1) is 6.92 Å². The van der Waals surface area contributed by atoms with Gasteiger partial charge in [-0.15, -0.1) is 11.3 Å². The van der Waals surface area contributed by atoms with Crippen molar-refractivity contribution in [3.63, 3.8) is 0 Å². The maximum Gasteiger partial charge on any atom is 0.262 e. The summed E-state index contributed by atoms with van der Waals surface area (Å²) in [6, 6.07) is 6.63. The lowest BCUT2D eigenvalue weighted by Gasteiger charge is -2.09. The van der Waals surface area contributed by atoms with Crippen molar-refractivity contribution in [1.29, 1.82) is 0 Å². The molecule has 22 heavy (non-hydrogen) atoms. The number of hydrogen-bond donors (Lipinski definition) is 2. The van der Waals surface area contributed by atoms with Crippen LogP contribution < -0.4 is 10.5 Å². The standard InChI is InChI=1S/C15H16N2O3S2/c1-9-4-2-5-10(8-9)22(19,20)17-15-13(14(16)18)11-6-3-7-12(11)21-15/h2,4-5,8,17H,3,6-7H2,1H3,(H2,16,18). The number of hydrogen-bond acceptors (Lipinski definition) is 4. The Morgan fingerprint density at radius 2 is 2.09 bits per heavy atom. The monoisotopic (exact) mass is 336 g/mol. The molecule has 1 aliphatic rings. The Morgan fingerprint density at radius 1 is 1.32 bits per heavy atom. The fourth-order valence-electron chi connectivity index (χ4n) is 2.70. The van der Waals surface area contributed by atoms with Crippen molar-refractivity contribution in [2.45, 2.75) is 31.1 Å². The highest BCUT2D eigenvalue weighted by atomic mass is 32.2.